The number of halogens is 2. The fourth-order valence-electron chi connectivity index (χ4n) is 2.37. The molecule has 1 aliphatic rings. The molecular weight excluding hydrogens is 389 g/mol. The van der Waals surface area contributed by atoms with Crippen LogP contribution in [0.3, 0.4) is 0 Å². The molecule has 1 N–H and O–H groups in total. The molecule has 1 aromatic carbocycles. The van der Waals surface area contributed by atoms with Crippen LogP contribution in [0.5, 0.6) is 0 Å². The molecule has 3 rings (SSSR count). The van der Waals surface area contributed by atoms with Crippen LogP contribution in [0.25, 0.3) is 0 Å². The molecule has 0 radical (unpaired) electrons. The van der Waals surface area contributed by atoms with Crippen molar-refractivity contribution in [1.29, 1.82) is 0 Å². The van der Waals surface area contributed by atoms with E-state index in [0.29, 0.717) is 16.4 Å². The first-order valence-corrected chi connectivity index (χ1v) is 10.0. The first-order valence-electron chi connectivity index (χ1n) is 6.89. The van der Waals surface area contributed by atoms with Crippen molar-refractivity contribution in [2.45, 2.75) is 11.1 Å². The molecule has 5 nitrogen and oxygen atoms in total. The Labute approximate surface area is 154 Å². The maximum absolute atomic E-state index is 12.6. The van der Waals surface area contributed by atoms with Gasteiger partial charge in [-0.3, -0.25) is 4.72 Å². The van der Waals surface area contributed by atoms with Gasteiger partial charge in [0, 0.05) is 13.0 Å². The second-order valence-electron chi connectivity index (χ2n) is 5.37. The van der Waals surface area contributed by atoms with Crippen LogP contribution in [0, 0.1) is 0 Å². The number of nitrogens with one attached hydrogen (secondary N) is 1. The summed E-state index contributed by atoms with van der Waals surface area (Å²) in [6.07, 6.45) is 3.52. The molecule has 1 aromatic heterocycles. The minimum atomic E-state index is -3.70. The molecule has 0 bridgehead atoms. The molecule has 1 atom stereocenters. The van der Waals surface area contributed by atoms with Gasteiger partial charge in [0.05, 0.1) is 23.3 Å². The van der Waals surface area contributed by atoms with Gasteiger partial charge in [0.2, 0.25) is 5.84 Å². The molecule has 0 saturated carbocycles. The number of hydrogen-bond acceptors (Lipinski definition) is 4. The fraction of sp³-hybridized carbons (Fsp3) is 0.133. The SMILES string of the molecule is CC1=NC=C[N+]1(C)c1cc(Cl)c(Cl)cc1NS(=O)(=O)c1cccs1. The molecule has 0 amide bonds. The third-order valence-corrected chi connectivity index (χ3v) is 7.33. The molecule has 1 unspecified atom stereocenters. The highest BCUT2D eigenvalue weighted by Gasteiger charge is 2.34. The van der Waals surface area contributed by atoms with Crippen molar-refractivity contribution in [3.8, 4) is 0 Å². The van der Waals surface area contributed by atoms with Crippen molar-refractivity contribution >= 4 is 61.8 Å². The quantitative estimate of drug-likeness (QED) is 0.753. The number of hydrogen-bond donors (Lipinski definition) is 1. The lowest BCUT2D eigenvalue weighted by molar-refractivity contribution is 0.602. The molecule has 0 aliphatic carbocycles. The van der Waals surface area contributed by atoms with Gasteiger partial charge in [-0.1, -0.05) is 29.3 Å². The van der Waals surface area contributed by atoms with Gasteiger partial charge < -0.3 is 0 Å². The zero-order valence-corrected chi connectivity index (χ0v) is 16.0. The summed E-state index contributed by atoms with van der Waals surface area (Å²) in [6, 6.07) is 6.41. The number of sulfonamides is 1. The van der Waals surface area contributed by atoms with Crippen molar-refractivity contribution in [2.75, 3.05) is 11.8 Å². The van der Waals surface area contributed by atoms with Crippen molar-refractivity contribution < 1.29 is 8.42 Å². The van der Waals surface area contributed by atoms with Gasteiger partial charge in [0.1, 0.15) is 16.1 Å². The summed E-state index contributed by atoms with van der Waals surface area (Å²) in [6.45, 7) is 1.86. The van der Waals surface area contributed by atoms with E-state index >= 15 is 0 Å². The van der Waals surface area contributed by atoms with Crippen LogP contribution in [0.2, 0.25) is 10.0 Å². The Morgan fingerprint density at radius 1 is 1.25 bits per heavy atom. The summed E-state index contributed by atoms with van der Waals surface area (Å²) in [4.78, 5) is 4.26. The van der Waals surface area contributed by atoms with Crippen LogP contribution >= 0.6 is 34.5 Å². The predicted molar refractivity (Wildman–Crippen MR) is 102 cm³/mol. The van der Waals surface area contributed by atoms with E-state index < -0.39 is 10.0 Å². The van der Waals surface area contributed by atoms with E-state index in [0.717, 1.165) is 17.2 Å². The first kappa shape index (κ1) is 17.4. The summed E-state index contributed by atoms with van der Waals surface area (Å²) >= 11 is 13.4. The largest absolute Gasteiger partial charge is 0.273 e. The zero-order chi connectivity index (χ0) is 17.5. The lowest BCUT2D eigenvalue weighted by Gasteiger charge is -2.28. The average Bonchev–Trinajstić information content (AvgIpc) is 3.14. The lowest BCUT2D eigenvalue weighted by Crippen LogP contribution is -2.42. The van der Waals surface area contributed by atoms with E-state index in [2.05, 4.69) is 9.71 Å². The van der Waals surface area contributed by atoms with E-state index in [1.165, 1.54) is 6.07 Å². The molecule has 9 heteroatoms. The third-order valence-electron chi connectivity index (χ3n) is 3.84. The number of thiophene rings is 1. The minimum absolute atomic E-state index is 0.208. The van der Waals surface area contributed by atoms with Crippen LogP contribution in [0.1, 0.15) is 6.92 Å². The first-order chi connectivity index (χ1) is 11.2. The van der Waals surface area contributed by atoms with E-state index in [-0.39, 0.29) is 13.7 Å². The van der Waals surface area contributed by atoms with E-state index in [4.69, 9.17) is 23.2 Å². The number of amidine groups is 1. The van der Waals surface area contributed by atoms with Crippen LogP contribution in [0.15, 0.2) is 51.2 Å². The number of anilines is 1. The molecule has 1 aliphatic heterocycles. The van der Waals surface area contributed by atoms with Crippen LogP contribution in [-0.4, -0.2) is 21.3 Å². The van der Waals surface area contributed by atoms with E-state index in [1.807, 2.05) is 20.2 Å². The highest BCUT2D eigenvalue weighted by atomic mass is 35.5. The van der Waals surface area contributed by atoms with E-state index in [9.17, 15) is 8.42 Å². The van der Waals surface area contributed by atoms with Crippen LogP contribution in [-0.2, 0) is 10.0 Å². The van der Waals surface area contributed by atoms with Gasteiger partial charge in [-0.25, -0.2) is 17.9 Å². The Bertz CT molecular complexity index is 953. The highest BCUT2D eigenvalue weighted by Crippen LogP contribution is 2.40. The Balaban J connectivity index is 2.13. The number of aliphatic imine (C=N–C) groups is 1. The predicted octanol–water partition coefficient (Wildman–Crippen LogP) is 4.70. The standard InChI is InChI=1S/C15H14Cl2N3O2S2/c1-10-18-5-6-20(10,2)14-9-12(17)11(16)8-13(14)19-24(21,22)15-4-3-7-23-15/h3-9,19H,1-2H3/q+1. The molecular formula is C15H14Cl2N3O2S2+. The Hall–Kier alpha value is -1.38. The van der Waals surface area contributed by atoms with Gasteiger partial charge in [0.15, 0.2) is 5.69 Å². The molecule has 2 aromatic rings. The van der Waals surface area contributed by atoms with Gasteiger partial charge in [-0.2, -0.15) is 0 Å². The molecule has 24 heavy (non-hydrogen) atoms. The summed E-state index contributed by atoms with van der Waals surface area (Å²) in [5.74, 6) is 0.782. The third kappa shape index (κ3) is 2.98. The molecule has 0 fully saturated rings. The summed E-state index contributed by atoms with van der Waals surface area (Å²) in [5.41, 5.74) is 1.00. The summed E-state index contributed by atoms with van der Waals surface area (Å²) in [7, 11) is -1.81. The molecule has 2 heterocycles. The molecule has 0 saturated heterocycles. The summed E-state index contributed by atoms with van der Waals surface area (Å²) in [5, 5.41) is 2.32. The maximum atomic E-state index is 12.6. The van der Waals surface area contributed by atoms with Gasteiger partial charge in [0.25, 0.3) is 10.0 Å². The average molecular weight is 403 g/mol. The van der Waals surface area contributed by atoms with Crippen molar-refractivity contribution in [3.05, 3.63) is 52.1 Å². The lowest BCUT2D eigenvalue weighted by atomic mass is 10.2. The van der Waals surface area contributed by atoms with Gasteiger partial charge >= 0.3 is 0 Å². The molecule has 126 valence electrons. The number of nitrogens with zero attached hydrogens (tertiary/aromatic N) is 2. The maximum Gasteiger partial charge on any atom is 0.271 e. The summed E-state index contributed by atoms with van der Waals surface area (Å²) < 4.78 is 28.2. The van der Waals surface area contributed by atoms with Crippen molar-refractivity contribution in [2.24, 2.45) is 4.99 Å². The zero-order valence-electron chi connectivity index (χ0n) is 12.8. The number of quaternary nitrogens is 1. The van der Waals surface area contributed by atoms with Gasteiger partial charge in [-0.15, -0.1) is 11.3 Å². The van der Waals surface area contributed by atoms with Crippen LogP contribution in [0.4, 0.5) is 11.4 Å². The normalized spacial score (nSPS) is 20.2. The number of benzene rings is 1. The Kier molecular flexibility index (Phi) is 4.48. The minimum Gasteiger partial charge on any atom is -0.273 e. The second-order valence-corrected chi connectivity index (χ2v) is 9.04. The van der Waals surface area contributed by atoms with Crippen LogP contribution < -0.4 is 9.21 Å². The van der Waals surface area contributed by atoms with Gasteiger partial charge in [-0.05, 0) is 17.5 Å². The highest BCUT2D eigenvalue weighted by molar-refractivity contribution is 7.94. The second kappa shape index (κ2) is 6.16. The van der Waals surface area contributed by atoms with Crippen molar-refractivity contribution in [3.63, 3.8) is 0 Å². The Morgan fingerprint density at radius 2 is 1.96 bits per heavy atom. The van der Waals surface area contributed by atoms with E-state index in [1.54, 1.807) is 29.8 Å². The number of rotatable bonds is 4. The Morgan fingerprint density at radius 3 is 2.54 bits per heavy atom. The topological polar surface area (TPSA) is 58.5 Å². The smallest absolute Gasteiger partial charge is 0.271 e. The monoisotopic (exact) mass is 402 g/mol. The fourth-order valence-corrected chi connectivity index (χ4v) is 4.75. The molecule has 0 spiro atoms. The van der Waals surface area contributed by atoms with Crippen molar-refractivity contribution in [1.82, 2.24) is 4.48 Å².